The second-order valence-corrected chi connectivity index (χ2v) is 11.7. The van der Waals surface area contributed by atoms with Crippen molar-refractivity contribution in [1.82, 2.24) is 14.9 Å². The fourth-order valence-electron chi connectivity index (χ4n) is 5.12. The van der Waals surface area contributed by atoms with Crippen molar-refractivity contribution in [3.05, 3.63) is 82.4 Å². The number of nitrogens with one attached hydrogen (secondary N) is 1. The van der Waals surface area contributed by atoms with Crippen molar-refractivity contribution in [3.63, 3.8) is 0 Å². The number of hydrogen-bond donors (Lipinski definition) is 1. The summed E-state index contributed by atoms with van der Waals surface area (Å²) < 4.78 is 66.8. The van der Waals surface area contributed by atoms with E-state index in [0.717, 1.165) is 0 Å². The molecule has 2 heterocycles. The molecule has 3 aromatic rings. The van der Waals surface area contributed by atoms with E-state index in [1.54, 1.807) is 62.1 Å². The number of esters is 1. The molecule has 0 atom stereocenters. The summed E-state index contributed by atoms with van der Waals surface area (Å²) in [4.78, 5) is 33.7. The fourth-order valence-corrected chi connectivity index (χ4v) is 5.12. The SMILES string of the molecule is COC(=O)Cc1ccccc1CCc1nc(Nc2ccc(C3CCN(C(=O)OC(C)(C)C)CC3)c(F)c2)ncc1C(F)(F)F. The lowest BCUT2D eigenvalue weighted by molar-refractivity contribution is -0.140. The van der Waals surface area contributed by atoms with Crippen LogP contribution in [0.4, 0.5) is 34.0 Å². The molecule has 4 rings (SSSR count). The van der Waals surface area contributed by atoms with Crippen LogP contribution in [0.15, 0.2) is 48.7 Å². The summed E-state index contributed by atoms with van der Waals surface area (Å²) in [5.41, 5.74) is 0.354. The first-order valence-corrected chi connectivity index (χ1v) is 14.3. The number of rotatable bonds is 8. The number of anilines is 2. The van der Waals surface area contributed by atoms with Gasteiger partial charge in [-0.1, -0.05) is 30.3 Å². The second kappa shape index (κ2) is 13.6. The highest BCUT2D eigenvalue weighted by atomic mass is 19.4. The molecule has 1 aromatic heterocycles. The largest absolute Gasteiger partial charge is 0.469 e. The minimum absolute atomic E-state index is 0.000204. The minimum atomic E-state index is -4.67. The summed E-state index contributed by atoms with van der Waals surface area (Å²) in [5, 5.41) is 2.82. The average molecular weight is 617 g/mol. The van der Waals surface area contributed by atoms with Gasteiger partial charge < -0.3 is 19.7 Å². The van der Waals surface area contributed by atoms with Gasteiger partial charge in [-0.05, 0) is 81.2 Å². The van der Waals surface area contributed by atoms with E-state index in [0.29, 0.717) is 48.8 Å². The van der Waals surface area contributed by atoms with Crippen molar-refractivity contribution >= 4 is 23.7 Å². The van der Waals surface area contributed by atoms with Crippen molar-refractivity contribution < 1.29 is 36.6 Å². The molecule has 1 N–H and O–H groups in total. The molecule has 236 valence electrons. The number of halogens is 4. The summed E-state index contributed by atoms with van der Waals surface area (Å²) in [6, 6.07) is 11.5. The zero-order valence-electron chi connectivity index (χ0n) is 25.1. The first-order valence-electron chi connectivity index (χ1n) is 14.3. The van der Waals surface area contributed by atoms with Crippen molar-refractivity contribution in [2.45, 2.75) is 70.6 Å². The Morgan fingerprint density at radius 3 is 2.32 bits per heavy atom. The Hall–Kier alpha value is -4.22. The summed E-state index contributed by atoms with van der Waals surface area (Å²) in [7, 11) is 1.27. The molecule has 2 aromatic carbocycles. The predicted octanol–water partition coefficient (Wildman–Crippen LogP) is 6.99. The number of piperidine rings is 1. The van der Waals surface area contributed by atoms with E-state index in [4.69, 9.17) is 9.47 Å². The van der Waals surface area contributed by atoms with E-state index in [1.165, 1.54) is 13.2 Å². The van der Waals surface area contributed by atoms with Gasteiger partial charge in [0, 0.05) is 25.0 Å². The molecule has 1 aliphatic heterocycles. The molecular weight excluding hydrogens is 580 g/mol. The minimum Gasteiger partial charge on any atom is -0.469 e. The van der Waals surface area contributed by atoms with E-state index < -0.39 is 35.2 Å². The Kier molecular flexibility index (Phi) is 10.1. The molecule has 0 bridgehead atoms. The number of amides is 1. The lowest BCUT2D eigenvalue weighted by Crippen LogP contribution is -2.41. The number of alkyl halides is 3. The van der Waals surface area contributed by atoms with E-state index >= 15 is 4.39 Å². The number of aryl methyl sites for hydroxylation is 2. The topological polar surface area (TPSA) is 93.7 Å². The van der Waals surface area contributed by atoms with Gasteiger partial charge in [-0.3, -0.25) is 4.79 Å². The molecule has 0 saturated carbocycles. The van der Waals surface area contributed by atoms with Crippen LogP contribution in [0.5, 0.6) is 0 Å². The molecule has 0 spiro atoms. The zero-order valence-corrected chi connectivity index (χ0v) is 25.1. The Balaban J connectivity index is 1.46. The van der Waals surface area contributed by atoms with Crippen molar-refractivity contribution in [2.24, 2.45) is 0 Å². The smallest absolute Gasteiger partial charge is 0.419 e. The maximum atomic E-state index is 15.2. The first kappa shape index (κ1) is 32.7. The number of ether oxygens (including phenoxy) is 2. The third kappa shape index (κ3) is 8.67. The Bertz CT molecular complexity index is 1480. The normalized spacial score (nSPS) is 14.3. The number of aromatic nitrogens is 2. The number of methoxy groups -OCH3 is 1. The molecule has 12 heteroatoms. The van der Waals surface area contributed by atoms with E-state index in [1.807, 2.05) is 0 Å². The highest BCUT2D eigenvalue weighted by Crippen LogP contribution is 2.34. The van der Waals surface area contributed by atoms with Gasteiger partial charge in [-0.2, -0.15) is 13.2 Å². The standard InChI is InChI=1S/C32H36F4N4O4/c1-31(2,3)44-30(42)40-15-13-21(14-16-40)24-11-10-23(18-26(24)33)38-29-37-19-25(32(34,35)36)27(39-29)12-9-20-7-5-6-8-22(20)17-28(41)43-4/h5-8,10-11,18-19,21H,9,12-17H2,1-4H3,(H,37,38,39). The van der Waals surface area contributed by atoms with Crippen molar-refractivity contribution in [1.29, 1.82) is 0 Å². The predicted molar refractivity (Wildman–Crippen MR) is 156 cm³/mol. The lowest BCUT2D eigenvalue weighted by atomic mass is 9.89. The Morgan fingerprint density at radius 1 is 1.02 bits per heavy atom. The van der Waals surface area contributed by atoms with Crippen LogP contribution in [0.25, 0.3) is 0 Å². The number of carbonyl (C=O) groups excluding carboxylic acids is 2. The van der Waals surface area contributed by atoms with Crippen LogP contribution >= 0.6 is 0 Å². The fraction of sp³-hybridized carbons (Fsp3) is 0.438. The van der Waals surface area contributed by atoms with Crippen LogP contribution in [0.1, 0.15) is 67.5 Å². The molecule has 8 nitrogen and oxygen atoms in total. The quantitative estimate of drug-likeness (QED) is 0.215. The van der Waals surface area contributed by atoms with E-state index in [2.05, 4.69) is 15.3 Å². The summed E-state index contributed by atoms with van der Waals surface area (Å²) in [5.74, 6) is -1.13. The summed E-state index contributed by atoms with van der Waals surface area (Å²) in [6.07, 6.45) is -3.09. The monoisotopic (exact) mass is 616 g/mol. The van der Waals surface area contributed by atoms with Crippen LogP contribution in [0.3, 0.4) is 0 Å². The maximum Gasteiger partial charge on any atom is 0.419 e. The van der Waals surface area contributed by atoms with Crippen LogP contribution < -0.4 is 5.32 Å². The number of likely N-dealkylation sites (tertiary alicyclic amines) is 1. The molecule has 0 radical (unpaired) electrons. The van der Waals surface area contributed by atoms with Gasteiger partial charge in [0.25, 0.3) is 0 Å². The number of benzene rings is 2. The number of hydrogen-bond acceptors (Lipinski definition) is 7. The van der Waals surface area contributed by atoms with Crippen molar-refractivity contribution in [3.8, 4) is 0 Å². The number of nitrogens with zero attached hydrogens (tertiary/aromatic N) is 3. The summed E-state index contributed by atoms with van der Waals surface area (Å²) >= 11 is 0. The average Bonchev–Trinajstić information content (AvgIpc) is 2.95. The molecule has 0 aliphatic carbocycles. The number of carbonyl (C=O) groups is 2. The van der Waals surface area contributed by atoms with Gasteiger partial charge in [0.15, 0.2) is 0 Å². The van der Waals surface area contributed by atoms with Crippen LogP contribution in [0, 0.1) is 5.82 Å². The third-order valence-electron chi connectivity index (χ3n) is 7.33. The third-order valence-corrected chi connectivity index (χ3v) is 7.33. The van der Waals surface area contributed by atoms with E-state index in [-0.39, 0.29) is 42.5 Å². The Labute approximate surface area is 253 Å². The molecule has 1 aliphatic rings. The van der Waals surface area contributed by atoms with Gasteiger partial charge in [0.05, 0.1) is 24.8 Å². The van der Waals surface area contributed by atoms with Gasteiger partial charge in [-0.15, -0.1) is 0 Å². The highest BCUT2D eigenvalue weighted by molar-refractivity contribution is 5.73. The molecule has 1 amide bonds. The van der Waals surface area contributed by atoms with Crippen LogP contribution in [-0.2, 0) is 39.7 Å². The molecule has 1 saturated heterocycles. The highest BCUT2D eigenvalue weighted by Gasteiger charge is 2.35. The van der Waals surface area contributed by atoms with Crippen LogP contribution in [0.2, 0.25) is 0 Å². The van der Waals surface area contributed by atoms with Crippen LogP contribution in [-0.4, -0.2) is 52.7 Å². The lowest BCUT2D eigenvalue weighted by Gasteiger charge is -2.33. The molecule has 0 unspecified atom stereocenters. The van der Waals surface area contributed by atoms with Crippen molar-refractivity contribution in [2.75, 3.05) is 25.5 Å². The zero-order chi connectivity index (χ0) is 32.1. The van der Waals surface area contributed by atoms with Gasteiger partial charge in [0.1, 0.15) is 11.4 Å². The molecular formula is C32H36F4N4O4. The summed E-state index contributed by atoms with van der Waals surface area (Å²) in [6.45, 7) is 6.28. The van der Waals surface area contributed by atoms with E-state index in [9.17, 15) is 22.8 Å². The molecule has 1 fully saturated rings. The maximum absolute atomic E-state index is 15.2. The Morgan fingerprint density at radius 2 is 1.70 bits per heavy atom. The molecule has 44 heavy (non-hydrogen) atoms. The first-order chi connectivity index (χ1) is 20.7. The second-order valence-electron chi connectivity index (χ2n) is 11.7. The van der Waals surface area contributed by atoms with Gasteiger partial charge in [-0.25, -0.2) is 19.2 Å². The van der Waals surface area contributed by atoms with Gasteiger partial charge in [0.2, 0.25) is 5.95 Å². The van der Waals surface area contributed by atoms with Gasteiger partial charge >= 0.3 is 18.2 Å².